The van der Waals surface area contributed by atoms with Crippen LogP contribution >= 0.6 is 0 Å². The molecule has 4 N–H and O–H groups in total. The van der Waals surface area contributed by atoms with E-state index in [-0.39, 0.29) is 18.1 Å². The summed E-state index contributed by atoms with van der Waals surface area (Å²) in [6, 6.07) is 1.48. The summed E-state index contributed by atoms with van der Waals surface area (Å²) in [6.07, 6.45) is 1.57. The van der Waals surface area contributed by atoms with Crippen molar-refractivity contribution < 1.29 is 24.5 Å². The quantitative estimate of drug-likeness (QED) is 0.603. The number of hydrogen-bond donors (Lipinski definition) is 4. The van der Waals surface area contributed by atoms with Gasteiger partial charge in [-0.25, -0.2) is 14.6 Å². The predicted octanol–water partition coefficient (Wildman–Crippen LogP) is 1.95. The molecule has 10 nitrogen and oxygen atoms in total. The molecule has 1 atom stereocenters. The van der Waals surface area contributed by atoms with E-state index in [2.05, 4.69) is 15.6 Å². The van der Waals surface area contributed by atoms with E-state index in [0.717, 1.165) is 0 Å². The van der Waals surface area contributed by atoms with Gasteiger partial charge in [0.25, 0.3) is 0 Å². The van der Waals surface area contributed by atoms with Gasteiger partial charge in [-0.05, 0) is 26.8 Å². The standard InChI is InChI=1S/C17H25N5O5/c1-17(2,3)27-16(26)20-13-9-22(5)14(19-13)12(23)7-18-10-6-11(15(24)25)21(4)8-10/h6,8-9,12,18,23H,7H2,1-5H3,(H,20,26)(H,24,25). The van der Waals surface area contributed by atoms with Crippen LogP contribution in [0.15, 0.2) is 18.5 Å². The molecule has 1 unspecified atom stereocenters. The zero-order valence-corrected chi connectivity index (χ0v) is 16.0. The van der Waals surface area contributed by atoms with Crippen LogP contribution in [0.4, 0.5) is 16.3 Å². The van der Waals surface area contributed by atoms with Gasteiger partial charge in [-0.3, -0.25) is 5.32 Å². The van der Waals surface area contributed by atoms with Crippen LogP contribution in [0.1, 0.15) is 43.2 Å². The number of carbonyl (C=O) groups excluding carboxylic acids is 1. The molecule has 148 valence electrons. The number of rotatable bonds is 6. The zero-order chi connectivity index (χ0) is 20.4. The third kappa shape index (κ3) is 5.48. The number of carbonyl (C=O) groups is 2. The molecular formula is C17H25N5O5. The first kappa shape index (κ1) is 20.3. The number of amides is 1. The highest BCUT2D eigenvalue weighted by Gasteiger charge is 2.20. The molecule has 2 heterocycles. The van der Waals surface area contributed by atoms with Crippen LogP contribution in [0.5, 0.6) is 0 Å². The first-order valence-electron chi connectivity index (χ1n) is 8.31. The van der Waals surface area contributed by atoms with Gasteiger partial charge in [-0.15, -0.1) is 0 Å². The lowest BCUT2D eigenvalue weighted by molar-refractivity contribution is 0.0633. The van der Waals surface area contributed by atoms with Gasteiger partial charge in [0.05, 0.1) is 5.69 Å². The third-order valence-electron chi connectivity index (χ3n) is 3.56. The van der Waals surface area contributed by atoms with Crippen molar-refractivity contribution in [1.82, 2.24) is 14.1 Å². The molecule has 0 spiro atoms. The first-order valence-corrected chi connectivity index (χ1v) is 8.31. The second-order valence-electron chi connectivity index (χ2n) is 7.15. The summed E-state index contributed by atoms with van der Waals surface area (Å²) in [6.45, 7) is 5.38. The Bertz CT molecular complexity index is 833. The van der Waals surface area contributed by atoms with Crippen molar-refractivity contribution in [2.75, 3.05) is 17.2 Å². The molecule has 2 aromatic rings. The van der Waals surface area contributed by atoms with Gasteiger partial charge in [0, 0.05) is 33.0 Å². The number of hydrogen-bond acceptors (Lipinski definition) is 6. The zero-order valence-electron chi connectivity index (χ0n) is 16.0. The third-order valence-corrected chi connectivity index (χ3v) is 3.56. The first-order chi connectivity index (χ1) is 12.5. The Morgan fingerprint density at radius 2 is 1.93 bits per heavy atom. The normalized spacial score (nSPS) is 12.5. The minimum Gasteiger partial charge on any atom is -0.477 e. The number of aryl methyl sites for hydroxylation is 2. The number of nitrogens with zero attached hydrogens (tertiary/aromatic N) is 3. The van der Waals surface area contributed by atoms with Gasteiger partial charge in [0.1, 0.15) is 23.2 Å². The maximum absolute atomic E-state index is 11.8. The molecule has 0 aromatic carbocycles. The number of imidazole rings is 1. The van der Waals surface area contributed by atoms with Crippen molar-refractivity contribution in [2.45, 2.75) is 32.5 Å². The molecule has 0 radical (unpaired) electrons. The lowest BCUT2D eigenvalue weighted by atomic mass is 10.2. The van der Waals surface area contributed by atoms with Crippen LogP contribution < -0.4 is 10.6 Å². The molecule has 27 heavy (non-hydrogen) atoms. The summed E-state index contributed by atoms with van der Waals surface area (Å²) in [4.78, 5) is 27.1. The lowest BCUT2D eigenvalue weighted by Gasteiger charge is -2.19. The summed E-state index contributed by atoms with van der Waals surface area (Å²) < 4.78 is 8.23. The van der Waals surface area contributed by atoms with Crippen LogP contribution in [-0.2, 0) is 18.8 Å². The van der Waals surface area contributed by atoms with Crippen molar-refractivity contribution >= 4 is 23.6 Å². The Kier molecular flexibility index (Phi) is 5.79. The monoisotopic (exact) mass is 379 g/mol. The number of aromatic carboxylic acids is 1. The number of carboxylic acids is 1. The minimum atomic E-state index is -1.03. The van der Waals surface area contributed by atoms with E-state index in [1.807, 2.05) is 0 Å². The van der Waals surface area contributed by atoms with Gasteiger partial charge < -0.3 is 29.4 Å². The SMILES string of the molecule is Cn1cc(NCC(O)c2nc(NC(=O)OC(C)(C)C)cn2C)cc1C(=O)O. The number of carboxylic acid groups (broad SMARTS) is 1. The summed E-state index contributed by atoms with van der Waals surface area (Å²) >= 11 is 0. The second kappa shape index (κ2) is 7.70. The van der Waals surface area contributed by atoms with Crippen molar-refractivity contribution in [1.29, 1.82) is 0 Å². The van der Waals surface area contributed by atoms with Gasteiger partial charge >= 0.3 is 12.1 Å². The molecule has 2 aromatic heterocycles. The number of aromatic nitrogens is 3. The van der Waals surface area contributed by atoms with Crippen molar-refractivity contribution in [2.24, 2.45) is 14.1 Å². The van der Waals surface area contributed by atoms with E-state index in [1.165, 1.54) is 10.6 Å². The van der Waals surface area contributed by atoms with E-state index in [0.29, 0.717) is 11.5 Å². The van der Waals surface area contributed by atoms with Crippen LogP contribution in [-0.4, -0.2) is 48.5 Å². The maximum atomic E-state index is 11.8. The van der Waals surface area contributed by atoms with Crippen molar-refractivity contribution in [3.63, 3.8) is 0 Å². The molecule has 0 fully saturated rings. The Hall–Kier alpha value is -3.01. The van der Waals surface area contributed by atoms with Crippen molar-refractivity contribution in [3.05, 3.63) is 30.0 Å². The van der Waals surface area contributed by atoms with E-state index < -0.39 is 23.8 Å². The summed E-state index contributed by atoms with van der Waals surface area (Å²) in [5, 5.41) is 24.9. The smallest absolute Gasteiger partial charge is 0.413 e. The number of nitrogens with one attached hydrogen (secondary N) is 2. The highest BCUT2D eigenvalue weighted by molar-refractivity contribution is 5.87. The molecule has 0 saturated heterocycles. The van der Waals surface area contributed by atoms with Crippen molar-refractivity contribution in [3.8, 4) is 0 Å². The Morgan fingerprint density at radius 3 is 2.48 bits per heavy atom. The molecule has 0 saturated carbocycles. The van der Waals surface area contributed by atoms with Gasteiger partial charge in [-0.2, -0.15) is 0 Å². The van der Waals surface area contributed by atoms with Gasteiger partial charge in [0.15, 0.2) is 5.82 Å². The fourth-order valence-electron chi connectivity index (χ4n) is 2.44. The fraction of sp³-hybridized carbons (Fsp3) is 0.471. The average Bonchev–Trinajstić information content (AvgIpc) is 3.05. The van der Waals surface area contributed by atoms with Gasteiger partial charge in [-0.1, -0.05) is 0 Å². The van der Waals surface area contributed by atoms with E-state index in [4.69, 9.17) is 9.84 Å². The highest BCUT2D eigenvalue weighted by Crippen LogP contribution is 2.18. The topological polar surface area (TPSA) is 131 Å². The molecule has 10 heteroatoms. The molecule has 2 rings (SSSR count). The van der Waals surface area contributed by atoms with Crippen LogP contribution in [0.2, 0.25) is 0 Å². The largest absolute Gasteiger partial charge is 0.477 e. The minimum absolute atomic E-state index is 0.111. The van der Waals surface area contributed by atoms with Crippen LogP contribution in [0.25, 0.3) is 0 Å². The Morgan fingerprint density at radius 1 is 1.26 bits per heavy atom. The van der Waals surface area contributed by atoms with E-state index in [1.54, 1.807) is 51.8 Å². The van der Waals surface area contributed by atoms with E-state index in [9.17, 15) is 14.7 Å². The van der Waals surface area contributed by atoms with E-state index >= 15 is 0 Å². The number of aliphatic hydroxyl groups is 1. The predicted molar refractivity (Wildman–Crippen MR) is 98.9 cm³/mol. The highest BCUT2D eigenvalue weighted by atomic mass is 16.6. The fourth-order valence-corrected chi connectivity index (χ4v) is 2.44. The van der Waals surface area contributed by atoms with Gasteiger partial charge in [0.2, 0.25) is 0 Å². The summed E-state index contributed by atoms with van der Waals surface area (Å²) in [7, 11) is 3.31. The second-order valence-corrected chi connectivity index (χ2v) is 7.15. The lowest BCUT2D eigenvalue weighted by Crippen LogP contribution is -2.27. The molecule has 0 aliphatic carbocycles. The summed E-state index contributed by atoms with van der Waals surface area (Å²) in [5.74, 6) is -0.440. The maximum Gasteiger partial charge on any atom is 0.413 e. The molecule has 0 aliphatic rings. The molecular weight excluding hydrogens is 354 g/mol. The average molecular weight is 379 g/mol. The summed E-state index contributed by atoms with van der Waals surface area (Å²) in [5.41, 5.74) is 0.0680. The molecule has 0 bridgehead atoms. The Labute approximate surface area is 156 Å². The number of aliphatic hydroxyl groups excluding tert-OH is 1. The number of anilines is 2. The van der Waals surface area contributed by atoms with Crippen LogP contribution in [0, 0.1) is 0 Å². The molecule has 0 aliphatic heterocycles. The molecule has 1 amide bonds. The van der Waals surface area contributed by atoms with Crippen LogP contribution in [0.3, 0.4) is 0 Å². The number of ether oxygens (including phenoxy) is 1. The Balaban J connectivity index is 1.99.